The predicted molar refractivity (Wildman–Crippen MR) is 118 cm³/mol. The SMILES string of the molecule is CN1CCN(CCCCN=C(N)NC2CCOc3ccccc32)CC1.I. The highest BCUT2D eigenvalue weighted by Crippen LogP contribution is 2.31. The molecule has 1 fully saturated rings. The molecule has 0 amide bonds. The number of halogens is 1. The number of fused-ring (bicyclic) bond motifs is 1. The number of piperazine rings is 1. The van der Waals surface area contributed by atoms with Crippen molar-refractivity contribution in [3.63, 3.8) is 0 Å². The van der Waals surface area contributed by atoms with Gasteiger partial charge in [0.15, 0.2) is 5.96 Å². The van der Waals surface area contributed by atoms with Crippen molar-refractivity contribution in [2.75, 3.05) is 52.9 Å². The molecule has 7 heteroatoms. The van der Waals surface area contributed by atoms with Crippen LogP contribution in [-0.2, 0) is 0 Å². The van der Waals surface area contributed by atoms with Crippen LogP contribution in [-0.4, -0.2) is 68.7 Å². The lowest BCUT2D eigenvalue weighted by molar-refractivity contribution is 0.152. The second kappa shape index (κ2) is 10.9. The number of unbranched alkanes of at least 4 members (excludes halogenated alkanes) is 1. The fourth-order valence-corrected chi connectivity index (χ4v) is 3.43. The molecule has 146 valence electrons. The number of benzene rings is 1. The van der Waals surface area contributed by atoms with Crippen molar-refractivity contribution in [3.05, 3.63) is 29.8 Å². The number of aliphatic imine (C=N–C) groups is 1. The number of nitrogens with two attached hydrogens (primary N) is 1. The van der Waals surface area contributed by atoms with Gasteiger partial charge in [-0.05, 0) is 32.5 Å². The van der Waals surface area contributed by atoms with Gasteiger partial charge in [0.25, 0.3) is 0 Å². The summed E-state index contributed by atoms with van der Waals surface area (Å²) >= 11 is 0. The number of nitrogens with one attached hydrogen (secondary N) is 1. The van der Waals surface area contributed by atoms with Crippen LogP contribution in [0.4, 0.5) is 0 Å². The third kappa shape index (κ3) is 6.28. The number of nitrogens with zero attached hydrogens (tertiary/aromatic N) is 3. The van der Waals surface area contributed by atoms with Gasteiger partial charge in [-0.25, -0.2) is 0 Å². The smallest absolute Gasteiger partial charge is 0.189 e. The van der Waals surface area contributed by atoms with E-state index >= 15 is 0 Å². The lowest BCUT2D eigenvalue weighted by Gasteiger charge is -2.32. The summed E-state index contributed by atoms with van der Waals surface area (Å²) in [5, 5.41) is 3.35. The van der Waals surface area contributed by atoms with Crippen LogP contribution < -0.4 is 15.8 Å². The van der Waals surface area contributed by atoms with E-state index in [0.29, 0.717) is 12.6 Å². The maximum Gasteiger partial charge on any atom is 0.189 e. The van der Waals surface area contributed by atoms with Gasteiger partial charge in [-0.1, -0.05) is 18.2 Å². The summed E-state index contributed by atoms with van der Waals surface area (Å²) in [5.74, 6) is 1.49. The number of para-hydroxylation sites is 1. The zero-order valence-electron chi connectivity index (χ0n) is 15.7. The molecule has 2 heterocycles. The minimum atomic E-state index is 0. The summed E-state index contributed by atoms with van der Waals surface area (Å²) in [4.78, 5) is 9.44. The van der Waals surface area contributed by atoms with E-state index in [9.17, 15) is 0 Å². The number of guanidine groups is 1. The first-order valence-corrected chi connectivity index (χ1v) is 9.41. The van der Waals surface area contributed by atoms with Crippen LogP contribution >= 0.6 is 24.0 Å². The Labute approximate surface area is 174 Å². The van der Waals surface area contributed by atoms with E-state index in [0.717, 1.165) is 25.1 Å². The molecule has 1 unspecified atom stereocenters. The van der Waals surface area contributed by atoms with Crippen molar-refractivity contribution in [1.29, 1.82) is 0 Å². The van der Waals surface area contributed by atoms with Crippen LogP contribution in [0.15, 0.2) is 29.3 Å². The van der Waals surface area contributed by atoms with Crippen molar-refractivity contribution in [3.8, 4) is 5.75 Å². The molecular weight excluding hydrogens is 441 g/mol. The molecule has 0 radical (unpaired) electrons. The van der Waals surface area contributed by atoms with Crippen LogP contribution in [0, 0.1) is 0 Å². The Bertz CT molecular complexity index is 575. The lowest BCUT2D eigenvalue weighted by Crippen LogP contribution is -2.44. The maximum absolute atomic E-state index is 6.08. The Balaban J connectivity index is 0.00000243. The van der Waals surface area contributed by atoms with Crippen LogP contribution in [0.25, 0.3) is 0 Å². The van der Waals surface area contributed by atoms with Gasteiger partial charge in [0, 0.05) is 44.7 Å². The molecule has 0 spiro atoms. The third-order valence-corrected chi connectivity index (χ3v) is 5.04. The quantitative estimate of drug-likeness (QED) is 0.287. The first-order valence-electron chi connectivity index (χ1n) is 9.41. The molecule has 1 saturated heterocycles. The summed E-state index contributed by atoms with van der Waals surface area (Å²) in [6.45, 7) is 7.41. The van der Waals surface area contributed by atoms with E-state index in [1.54, 1.807) is 0 Å². The fraction of sp³-hybridized carbons (Fsp3) is 0.632. The van der Waals surface area contributed by atoms with E-state index in [1.165, 1.54) is 44.7 Å². The van der Waals surface area contributed by atoms with Gasteiger partial charge in [0.1, 0.15) is 5.75 Å². The molecule has 0 aromatic heterocycles. The molecule has 6 nitrogen and oxygen atoms in total. The van der Waals surface area contributed by atoms with E-state index in [-0.39, 0.29) is 30.0 Å². The summed E-state index contributed by atoms with van der Waals surface area (Å²) in [6.07, 6.45) is 3.18. The first kappa shape index (κ1) is 21.2. The number of hydrogen-bond acceptors (Lipinski definition) is 4. The molecule has 1 aromatic rings. The lowest BCUT2D eigenvalue weighted by atomic mass is 10.0. The van der Waals surface area contributed by atoms with Crippen molar-refractivity contribution >= 4 is 29.9 Å². The standard InChI is InChI=1S/C19H31N5O.HI/c1-23-11-13-24(14-12-23)10-5-4-9-21-19(20)22-17-8-15-25-18-7-3-2-6-16(17)18;/h2-3,6-7,17H,4-5,8-15H2,1H3,(H3,20,21,22);1H. The molecule has 26 heavy (non-hydrogen) atoms. The second-order valence-corrected chi connectivity index (χ2v) is 6.99. The van der Waals surface area contributed by atoms with Crippen molar-refractivity contribution in [2.24, 2.45) is 10.7 Å². The summed E-state index contributed by atoms with van der Waals surface area (Å²) in [7, 11) is 2.19. The number of rotatable bonds is 6. The number of likely N-dealkylation sites (N-methyl/N-ethyl adjacent to an activating group) is 1. The third-order valence-electron chi connectivity index (χ3n) is 5.04. The van der Waals surface area contributed by atoms with Gasteiger partial charge in [-0.3, -0.25) is 4.99 Å². The molecule has 3 rings (SSSR count). The largest absolute Gasteiger partial charge is 0.493 e. The van der Waals surface area contributed by atoms with E-state index < -0.39 is 0 Å². The summed E-state index contributed by atoms with van der Waals surface area (Å²) < 4.78 is 5.68. The highest BCUT2D eigenvalue weighted by molar-refractivity contribution is 14.0. The molecule has 2 aliphatic heterocycles. The second-order valence-electron chi connectivity index (χ2n) is 6.99. The number of hydrogen-bond donors (Lipinski definition) is 2. The van der Waals surface area contributed by atoms with E-state index in [1.807, 2.05) is 18.2 Å². The fourth-order valence-electron chi connectivity index (χ4n) is 3.43. The molecule has 0 bridgehead atoms. The highest BCUT2D eigenvalue weighted by atomic mass is 127. The molecule has 0 aliphatic carbocycles. The average Bonchev–Trinajstić information content (AvgIpc) is 2.63. The van der Waals surface area contributed by atoms with Gasteiger partial charge in [0.05, 0.1) is 12.6 Å². The van der Waals surface area contributed by atoms with Crippen LogP contribution in [0.3, 0.4) is 0 Å². The predicted octanol–water partition coefficient (Wildman–Crippen LogP) is 2.06. The number of ether oxygens (including phenoxy) is 1. The molecule has 3 N–H and O–H groups in total. The Kier molecular flexibility index (Phi) is 8.94. The van der Waals surface area contributed by atoms with Crippen LogP contribution in [0.1, 0.15) is 30.9 Å². The first-order chi connectivity index (χ1) is 12.2. The highest BCUT2D eigenvalue weighted by Gasteiger charge is 2.21. The minimum Gasteiger partial charge on any atom is -0.493 e. The minimum absolute atomic E-state index is 0. The molecule has 2 aliphatic rings. The van der Waals surface area contributed by atoms with Crippen molar-refractivity contribution in [1.82, 2.24) is 15.1 Å². The Hall–Kier alpha value is -1.06. The van der Waals surface area contributed by atoms with Crippen molar-refractivity contribution in [2.45, 2.75) is 25.3 Å². The zero-order chi connectivity index (χ0) is 17.5. The van der Waals surface area contributed by atoms with Crippen LogP contribution in [0.5, 0.6) is 5.75 Å². The van der Waals surface area contributed by atoms with Gasteiger partial charge in [-0.2, -0.15) is 0 Å². The topological polar surface area (TPSA) is 66.1 Å². The monoisotopic (exact) mass is 473 g/mol. The molecule has 0 saturated carbocycles. The maximum atomic E-state index is 6.08. The Morgan fingerprint density at radius 2 is 2.00 bits per heavy atom. The normalized spacial score (nSPS) is 21.4. The Morgan fingerprint density at radius 3 is 2.81 bits per heavy atom. The van der Waals surface area contributed by atoms with Gasteiger partial charge in [0.2, 0.25) is 0 Å². The Morgan fingerprint density at radius 1 is 1.23 bits per heavy atom. The molecular formula is C19H32IN5O. The van der Waals surface area contributed by atoms with E-state index in [4.69, 9.17) is 10.5 Å². The van der Waals surface area contributed by atoms with E-state index in [2.05, 4.69) is 33.2 Å². The van der Waals surface area contributed by atoms with Crippen LogP contribution in [0.2, 0.25) is 0 Å². The van der Waals surface area contributed by atoms with Gasteiger partial charge < -0.3 is 25.6 Å². The summed E-state index contributed by atoms with van der Waals surface area (Å²) in [6, 6.07) is 8.33. The van der Waals surface area contributed by atoms with Crippen molar-refractivity contribution < 1.29 is 4.74 Å². The van der Waals surface area contributed by atoms with Gasteiger partial charge in [-0.15, -0.1) is 24.0 Å². The molecule has 1 aromatic carbocycles. The zero-order valence-corrected chi connectivity index (χ0v) is 18.0. The average molecular weight is 473 g/mol. The molecule has 1 atom stereocenters. The van der Waals surface area contributed by atoms with Gasteiger partial charge >= 0.3 is 0 Å². The summed E-state index contributed by atoms with van der Waals surface area (Å²) in [5.41, 5.74) is 7.25.